The first kappa shape index (κ1) is 52.4. The molecule has 5 amide bonds. The van der Waals surface area contributed by atoms with Crippen LogP contribution < -0.4 is 10.6 Å². The van der Waals surface area contributed by atoms with E-state index in [4.69, 9.17) is 0 Å². The maximum atomic E-state index is 14.2. The molecule has 63 heavy (non-hydrogen) atoms. The molecule has 4 bridgehead atoms. The maximum Gasteiger partial charge on any atom is 0.245 e. The summed E-state index contributed by atoms with van der Waals surface area (Å²) in [7, 11) is 4.27. The molecule has 1 aliphatic heterocycles. The normalized spacial score (nSPS) is 18.0. The van der Waals surface area contributed by atoms with Crippen LogP contribution in [0, 0.1) is 5.92 Å². The number of aliphatic hydroxyl groups excluding tert-OH is 1. The highest BCUT2D eigenvalue weighted by Crippen LogP contribution is 2.39. The van der Waals surface area contributed by atoms with Crippen molar-refractivity contribution >= 4 is 35.3 Å². The van der Waals surface area contributed by atoms with Crippen LogP contribution in [0.15, 0.2) is 36.4 Å². The molecule has 3 rings (SSSR count). The van der Waals surface area contributed by atoms with Crippen molar-refractivity contribution in [2.24, 2.45) is 5.92 Å². The Kier molecular flexibility index (Phi) is 21.6. The van der Waals surface area contributed by atoms with Gasteiger partial charge < -0.3 is 40.7 Å². The zero-order valence-corrected chi connectivity index (χ0v) is 39.1. The highest BCUT2D eigenvalue weighted by atomic mass is 16.3. The molecule has 0 radical (unpaired) electrons. The number of phenolic OH excluding ortho intramolecular Hbond substituents is 2. The van der Waals surface area contributed by atoms with E-state index in [9.17, 15) is 44.1 Å². The van der Waals surface area contributed by atoms with Crippen LogP contribution in [0.1, 0.15) is 148 Å². The standard InChI is InChI=1S/C49H75N5O9/c1-9-10-11-12-13-14-15-16-17-18-19-20-21-22-44(59)53(7)40(31-55)47(61)51-34(4)48(62)52(6)35(5)49(63)54(8)45-37-24-26-42(57)39(30-37)38-29-36(23-25-41(38)56)28-33(3)50-46(60)32(2)27-43(45)58/h23-26,29-30,32-35,40,45,55-57H,9-22,27-28,31H2,1-8H3,(H,50,60)(H,51,61)/t32-,33-,34-,35-,40-,45+/m1/s1. The van der Waals surface area contributed by atoms with Gasteiger partial charge in [-0.2, -0.15) is 0 Å². The fourth-order valence-corrected chi connectivity index (χ4v) is 8.27. The van der Waals surface area contributed by atoms with E-state index >= 15 is 0 Å². The predicted molar refractivity (Wildman–Crippen MR) is 245 cm³/mol. The SMILES string of the molecule is CCCCCCCCCCCCCCCC(=O)N(C)[C@H](CO)C(=O)N[C@H](C)C(=O)N(C)[C@H](C)C(=O)N(C)[C@@H]1C(=O)C[C@@H](C)C(=O)N[C@H](C)Cc2ccc(O)c(c2)-c2cc1ccc2O. The number of likely N-dealkylation sites (N-methyl/N-ethyl adjacent to an activating group) is 3. The summed E-state index contributed by atoms with van der Waals surface area (Å²) in [5, 5.41) is 37.5. The zero-order valence-electron chi connectivity index (χ0n) is 39.1. The van der Waals surface area contributed by atoms with Gasteiger partial charge in [0.05, 0.1) is 6.61 Å². The number of phenols is 2. The van der Waals surface area contributed by atoms with Gasteiger partial charge in [0.1, 0.15) is 35.7 Å². The van der Waals surface area contributed by atoms with Crippen molar-refractivity contribution in [3.05, 3.63) is 47.5 Å². The molecule has 5 N–H and O–H groups in total. The van der Waals surface area contributed by atoms with E-state index in [0.717, 1.165) is 29.7 Å². The number of rotatable bonds is 22. The van der Waals surface area contributed by atoms with Crippen LogP contribution in [0.25, 0.3) is 11.1 Å². The van der Waals surface area contributed by atoms with E-state index in [1.54, 1.807) is 19.1 Å². The minimum Gasteiger partial charge on any atom is -0.507 e. The van der Waals surface area contributed by atoms with E-state index in [0.29, 0.717) is 24.0 Å². The van der Waals surface area contributed by atoms with E-state index < -0.39 is 60.2 Å². The van der Waals surface area contributed by atoms with Gasteiger partial charge in [-0.1, -0.05) is 103 Å². The molecule has 0 unspecified atom stereocenters. The smallest absolute Gasteiger partial charge is 0.245 e. The summed E-state index contributed by atoms with van der Waals surface area (Å²) in [5.74, 6) is -4.07. The number of carbonyl (C=O) groups is 6. The first-order chi connectivity index (χ1) is 29.9. The summed E-state index contributed by atoms with van der Waals surface area (Å²) >= 11 is 0. The van der Waals surface area contributed by atoms with Crippen molar-refractivity contribution in [2.45, 2.75) is 168 Å². The molecule has 0 fully saturated rings. The van der Waals surface area contributed by atoms with Gasteiger partial charge >= 0.3 is 0 Å². The van der Waals surface area contributed by atoms with Crippen molar-refractivity contribution in [3.63, 3.8) is 0 Å². The van der Waals surface area contributed by atoms with Crippen molar-refractivity contribution in [3.8, 4) is 22.6 Å². The van der Waals surface area contributed by atoms with E-state index in [-0.39, 0.29) is 47.8 Å². The molecule has 6 atom stereocenters. The first-order valence-electron chi connectivity index (χ1n) is 23.1. The van der Waals surface area contributed by atoms with Gasteiger partial charge in [0.2, 0.25) is 29.5 Å². The number of nitrogens with zero attached hydrogens (tertiary/aromatic N) is 3. The molecule has 14 heteroatoms. The number of amides is 5. The quantitative estimate of drug-likeness (QED) is 0.0813. The lowest BCUT2D eigenvalue weighted by molar-refractivity contribution is -0.148. The summed E-state index contributed by atoms with van der Waals surface area (Å²) in [6, 6.07) is 4.28. The molecule has 14 nitrogen and oxygen atoms in total. The molecular weight excluding hydrogens is 803 g/mol. The van der Waals surface area contributed by atoms with E-state index in [1.165, 1.54) is 127 Å². The number of ketones is 1. The van der Waals surface area contributed by atoms with E-state index in [1.807, 2.05) is 6.92 Å². The maximum absolute atomic E-state index is 14.2. The van der Waals surface area contributed by atoms with Gasteiger partial charge in [-0.25, -0.2) is 0 Å². The minimum atomic E-state index is -1.25. The second kappa shape index (κ2) is 26.0. The average Bonchev–Trinajstić information content (AvgIpc) is 3.25. The predicted octanol–water partition coefficient (Wildman–Crippen LogP) is 6.57. The van der Waals surface area contributed by atoms with Crippen molar-refractivity contribution in [2.75, 3.05) is 27.7 Å². The number of benzene rings is 2. The number of aromatic hydroxyl groups is 2. The molecular formula is C49H75N5O9. The number of carbonyl (C=O) groups excluding carboxylic acids is 6. The number of Topliss-reactive ketones (excluding diaryl/α,β-unsaturated/α-hetero) is 1. The first-order valence-corrected chi connectivity index (χ1v) is 23.1. The number of aliphatic hydroxyl groups is 1. The molecule has 2 aromatic carbocycles. The summed E-state index contributed by atoms with van der Waals surface area (Å²) in [6.45, 7) is 7.97. The van der Waals surface area contributed by atoms with Crippen LogP contribution in [0.5, 0.6) is 11.5 Å². The zero-order chi connectivity index (χ0) is 46.8. The third-order valence-corrected chi connectivity index (χ3v) is 12.5. The Bertz CT molecular complexity index is 1850. The molecule has 1 aliphatic rings. The van der Waals surface area contributed by atoms with Gasteiger partial charge in [0.15, 0.2) is 5.78 Å². The largest absolute Gasteiger partial charge is 0.507 e. The summed E-state index contributed by atoms with van der Waals surface area (Å²) in [6.07, 6.45) is 15.7. The lowest BCUT2D eigenvalue weighted by Gasteiger charge is -2.35. The Morgan fingerprint density at radius 3 is 1.86 bits per heavy atom. The molecule has 0 aromatic heterocycles. The highest BCUT2D eigenvalue weighted by Gasteiger charge is 2.37. The van der Waals surface area contributed by atoms with Gasteiger partial charge in [-0.15, -0.1) is 0 Å². The van der Waals surface area contributed by atoms with E-state index in [2.05, 4.69) is 17.6 Å². The minimum absolute atomic E-state index is 0.112. The van der Waals surface area contributed by atoms with Crippen molar-refractivity contribution < 1.29 is 44.1 Å². The molecule has 0 saturated carbocycles. The van der Waals surface area contributed by atoms with Crippen LogP contribution in [-0.2, 0) is 35.2 Å². The summed E-state index contributed by atoms with van der Waals surface area (Å²) < 4.78 is 0. The molecule has 0 spiro atoms. The number of hydrogen-bond donors (Lipinski definition) is 5. The number of hydrogen-bond acceptors (Lipinski definition) is 9. The van der Waals surface area contributed by atoms with Gasteiger partial charge in [-0.05, 0) is 69.0 Å². The molecule has 350 valence electrons. The van der Waals surface area contributed by atoms with Crippen LogP contribution >= 0.6 is 0 Å². The Morgan fingerprint density at radius 2 is 1.29 bits per heavy atom. The summed E-state index contributed by atoms with van der Waals surface area (Å²) in [5.41, 5.74) is 1.66. The third-order valence-electron chi connectivity index (χ3n) is 12.5. The fraction of sp³-hybridized carbons (Fsp3) is 0.633. The Labute approximate surface area is 375 Å². The van der Waals surface area contributed by atoms with Crippen molar-refractivity contribution in [1.29, 1.82) is 0 Å². The summed E-state index contributed by atoms with van der Waals surface area (Å²) in [4.78, 5) is 85.2. The van der Waals surface area contributed by atoms with Gasteiger partial charge in [0, 0.05) is 57.1 Å². The monoisotopic (exact) mass is 878 g/mol. The topological polar surface area (TPSA) is 197 Å². The molecule has 2 aromatic rings. The second-order valence-corrected chi connectivity index (χ2v) is 17.7. The lowest BCUT2D eigenvalue weighted by atomic mass is 9.90. The van der Waals surface area contributed by atoms with Crippen LogP contribution in [0.4, 0.5) is 0 Å². The number of nitrogens with one attached hydrogen (secondary N) is 2. The number of fused-ring (bicyclic) bond motifs is 5. The Morgan fingerprint density at radius 1 is 0.746 bits per heavy atom. The Balaban J connectivity index is 1.64. The Hall–Kier alpha value is -4.98. The molecule has 1 heterocycles. The van der Waals surface area contributed by atoms with Gasteiger partial charge in [-0.3, -0.25) is 28.8 Å². The number of unbranched alkanes of at least 4 members (excludes halogenated alkanes) is 12. The van der Waals surface area contributed by atoms with Crippen molar-refractivity contribution in [1.82, 2.24) is 25.3 Å². The second-order valence-electron chi connectivity index (χ2n) is 17.7. The highest BCUT2D eigenvalue weighted by molar-refractivity contribution is 5.97. The average molecular weight is 878 g/mol. The molecule has 0 saturated heterocycles. The fourth-order valence-electron chi connectivity index (χ4n) is 8.27. The van der Waals surface area contributed by atoms with Crippen LogP contribution in [-0.4, -0.2) is 117 Å². The van der Waals surface area contributed by atoms with Crippen LogP contribution in [0.2, 0.25) is 0 Å². The van der Waals surface area contributed by atoms with Crippen LogP contribution in [0.3, 0.4) is 0 Å². The van der Waals surface area contributed by atoms with Gasteiger partial charge in [0.25, 0.3) is 0 Å². The lowest BCUT2D eigenvalue weighted by Crippen LogP contribution is -2.57. The third kappa shape index (κ3) is 15.4. The molecule has 0 aliphatic carbocycles.